The molecule has 1 aliphatic heterocycles. The molecule has 0 saturated carbocycles. The van der Waals surface area contributed by atoms with Gasteiger partial charge in [0.15, 0.2) is 0 Å². The minimum atomic E-state index is -1.04. The van der Waals surface area contributed by atoms with Gasteiger partial charge in [0.1, 0.15) is 6.54 Å². The predicted molar refractivity (Wildman–Crippen MR) is 84.2 cm³/mol. The molecule has 0 radical (unpaired) electrons. The number of morpholine rings is 1. The third kappa shape index (κ3) is 6.01. The molecule has 1 unspecified atom stereocenters. The molecular formula is C15H21ClN2O4. The number of hydrogen-bond donors (Lipinski definition) is 2. The average Bonchev–Trinajstić information content (AvgIpc) is 2.48. The van der Waals surface area contributed by atoms with E-state index in [9.17, 15) is 9.59 Å². The van der Waals surface area contributed by atoms with Crippen molar-refractivity contribution in [3.63, 3.8) is 0 Å². The van der Waals surface area contributed by atoms with Gasteiger partial charge in [0.05, 0.1) is 19.8 Å². The second kappa shape index (κ2) is 9.40. The van der Waals surface area contributed by atoms with Gasteiger partial charge in [-0.15, -0.1) is 12.4 Å². The normalized spacial score (nSPS) is 18.3. The van der Waals surface area contributed by atoms with Gasteiger partial charge in [-0.05, 0) is 12.0 Å². The Bertz CT molecular complexity index is 484. The number of carbonyl (C=O) groups excluding carboxylic acids is 1. The molecule has 0 aliphatic carbocycles. The first kappa shape index (κ1) is 18.4. The molecule has 1 aliphatic rings. The number of amides is 1. The molecule has 1 heterocycles. The monoisotopic (exact) mass is 328 g/mol. The summed E-state index contributed by atoms with van der Waals surface area (Å²) in [4.78, 5) is 24.3. The number of nitrogens with zero attached hydrogens (tertiary/aromatic N) is 1. The Kier molecular flexibility index (Phi) is 7.87. The van der Waals surface area contributed by atoms with Crippen molar-refractivity contribution >= 4 is 24.3 Å². The van der Waals surface area contributed by atoms with Gasteiger partial charge in [-0.25, -0.2) is 0 Å². The fourth-order valence-corrected chi connectivity index (χ4v) is 2.39. The number of nitrogens with one attached hydrogen (secondary N) is 1. The lowest BCUT2D eigenvalue weighted by atomic mass is 10.0. The molecule has 122 valence electrons. The van der Waals surface area contributed by atoms with Crippen LogP contribution in [0.5, 0.6) is 0 Å². The highest BCUT2D eigenvalue weighted by molar-refractivity contribution is 5.85. The smallest absolute Gasteiger partial charge is 0.322 e. The molecule has 0 aromatic heterocycles. The summed E-state index contributed by atoms with van der Waals surface area (Å²) in [5.41, 5.74) is 1.20. The maximum atomic E-state index is 11.8. The molecule has 1 amide bonds. The number of aliphatic carboxylic acids is 1. The van der Waals surface area contributed by atoms with E-state index < -0.39 is 5.97 Å². The van der Waals surface area contributed by atoms with Crippen LogP contribution in [0.4, 0.5) is 0 Å². The van der Waals surface area contributed by atoms with Gasteiger partial charge in [-0.2, -0.15) is 0 Å². The van der Waals surface area contributed by atoms with Crippen LogP contribution < -0.4 is 5.32 Å². The Labute approximate surface area is 135 Å². The number of carboxylic acid groups (broad SMARTS) is 1. The fourth-order valence-electron chi connectivity index (χ4n) is 2.39. The highest BCUT2D eigenvalue weighted by Gasteiger charge is 2.25. The van der Waals surface area contributed by atoms with Crippen LogP contribution in [0.2, 0.25) is 0 Å². The predicted octanol–water partition coefficient (Wildman–Crippen LogP) is 0.553. The first-order valence-electron chi connectivity index (χ1n) is 6.99. The number of carbonyl (C=O) groups is 2. The molecule has 1 fully saturated rings. The first-order chi connectivity index (χ1) is 10.1. The van der Waals surface area contributed by atoms with Gasteiger partial charge in [-0.3, -0.25) is 14.5 Å². The summed E-state index contributed by atoms with van der Waals surface area (Å²) in [7, 11) is 0. The molecule has 1 aromatic carbocycles. The Morgan fingerprint density at radius 3 is 2.73 bits per heavy atom. The molecule has 1 aromatic rings. The van der Waals surface area contributed by atoms with Gasteiger partial charge in [0.2, 0.25) is 5.91 Å². The van der Waals surface area contributed by atoms with E-state index in [1.54, 1.807) is 0 Å². The lowest BCUT2D eigenvalue weighted by Crippen LogP contribution is -2.50. The Morgan fingerprint density at radius 1 is 1.32 bits per heavy atom. The van der Waals surface area contributed by atoms with Crippen LogP contribution in [-0.4, -0.2) is 60.8 Å². The molecule has 2 N–H and O–H groups in total. The molecule has 6 nitrogen and oxygen atoms in total. The molecule has 7 heteroatoms. The number of hydrogen-bond acceptors (Lipinski definition) is 4. The van der Waals surface area contributed by atoms with E-state index in [2.05, 4.69) is 17.4 Å². The second-order valence-corrected chi connectivity index (χ2v) is 5.06. The zero-order chi connectivity index (χ0) is 15.1. The van der Waals surface area contributed by atoms with Gasteiger partial charge < -0.3 is 15.2 Å². The molecule has 1 saturated heterocycles. The Morgan fingerprint density at radius 2 is 2.05 bits per heavy atom. The highest BCUT2D eigenvalue weighted by Crippen LogP contribution is 2.12. The Hall–Kier alpha value is -1.63. The third-order valence-electron chi connectivity index (χ3n) is 3.45. The van der Waals surface area contributed by atoms with Crippen molar-refractivity contribution in [2.45, 2.75) is 12.5 Å². The SMILES string of the molecule is Cl.O=C(O)CNC(=O)CN1CCOCC1Cc1ccccc1. The number of carboxylic acids is 1. The molecule has 1 atom stereocenters. The number of halogens is 1. The topological polar surface area (TPSA) is 78.9 Å². The van der Waals surface area contributed by atoms with Crippen molar-refractivity contribution in [1.29, 1.82) is 0 Å². The van der Waals surface area contributed by atoms with Crippen LogP contribution in [-0.2, 0) is 20.7 Å². The summed E-state index contributed by atoms with van der Waals surface area (Å²) in [5.74, 6) is -1.30. The fraction of sp³-hybridized carbons (Fsp3) is 0.467. The van der Waals surface area contributed by atoms with E-state index in [0.717, 1.165) is 6.42 Å². The van der Waals surface area contributed by atoms with Crippen molar-refractivity contribution in [2.75, 3.05) is 32.8 Å². The van der Waals surface area contributed by atoms with E-state index in [1.165, 1.54) is 5.56 Å². The lowest BCUT2D eigenvalue weighted by Gasteiger charge is -2.35. The summed E-state index contributed by atoms with van der Waals surface area (Å²) < 4.78 is 5.50. The van der Waals surface area contributed by atoms with Crippen molar-refractivity contribution in [1.82, 2.24) is 10.2 Å². The van der Waals surface area contributed by atoms with Gasteiger partial charge in [-0.1, -0.05) is 30.3 Å². The van der Waals surface area contributed by atoms with E-state index in [-0.39, 0.29) is 37.4 Å². The highest BCUT2D eigenvalue weighted by atomic mass is 35.5. The number of ether oxygens (including phenoxy) is 1. The summed E-state index contributed by atoms with van der Waals surface area (Å²) >= 11 is 0. The summed E-state index contributed by atoms with van der Waals surface area (Å²) in [6, 6.07) is 10.2. The van der Waals surface area contributed by atoms with Crippen molar-refractivity contribution in [3.05, 3.63) is 35.9 Å². The van der Waals surface area contributed by atoms with Gasteiger partial charge in [0, 0.05) is 12.6 Å². The molecule has 0 bridgehead atoms. The summed E-state index contributed by atoms with van der Waals surface area (Å²) in [5, 5.41) is 11.0. The van der Waals surface area contributed by atoms with Crippen LogP contribution in [0.3, 0.4) is 0 Å². The molecular weight excluding hydrogens is 308 g/mol. The van der Waals surface area contributed by atoms with Crippen molar-refractivity contribution < 1.29 is 19.4 Å². The van der Waals surface area contributed by atoms with E-state index in [0.29, 0.717) is 19.8 Å². The first-order valence-corrected chi connectivity index (χ1v) is 6.99. The number of rotatable bonds is 6. The lowest BCUT2D eigenvalue weighted by molar-refractivity contribution is -0.138. The van der Waals surface area contributed by atoms with E-state index in [1.807, 2.05) is 23.1 Å². The minimum Gasteiger partial charge on any atom is -0.480 e. The maximum Gasteiger partial charge on any atom is 0.322 e. The van der Waals surface area contributed by atoms with E-state index >= 15 is 0 Å². The van der Waals surface area contributed by atoms with Crippen LogP contribution in [0.25, 0.3) is 0 Å². The van der Waals surface area contributed by atoms with Gasteiger partial charge in [0.25, 0.3) is 0 Å². The van der Waals surface area contributed by atoms with Crippen molar-refractivity contribution in [3.8, 4) is 0 Å². The van der Waals surface area contributed by atoms with Crippen LogP contribution in [0, 0.1) is 0 Å². The summed E-state index contributed by atoms with van der Waals surface area (Å²) in [6.45, 7) is 1.72. The minimum absolute atomic E-state index is 0. The quantitative estimate of drug-likeness (QED) is 0.797. The molecule has 0 spiro atoms. The van der Waals surface area contributed by atoms with Crippen molar-refractivity contribution in [2.24, 2.45) is 0 Å². The Balaban J connectivity index is 0.00000242. The average molecular weight is 329 g/mol. The maximum absolute atomic E-state index is 11.8. The second-order valence-electron chi connectivity index (χ2n) is 5.06. The largest absolute Gasteiger partial charge is 0.480 e. The van der Waals surface area contributed by atoms with E-state index in [4.69, 9.17) is 9.84 Å². The van der Waals surface area contributed by atoms with Gasteiger partial charge >= 0.3 is 5.97 Å². The standard InChI is InChI=1S/C15H20N2O4.ClH/c18-14(16-9-15(19)20)10-17-6-7-21-11-13(17)8-12-4-2-1-3-5-12;/h1-5,13H,6-11H2,(H,16,18)(H,19,20);1H. The molecule has 2 rings (SSSR count). The summed E-state index contributed by atoms with van der Waals surface area (Å²) in [6.07, 6.45) is 0.813. The van der Waals surface area contributed by atoms with Crippen LogP contribution >= 0.6 is 12.4 Å². The zero-order valence-electron chi connectivity index (χ0n) is 12.2. The van der Waals surface area contributed by atoms with Crippen LogP contribution in [0.1, 0.15) is 5.56 Å². The number of benzene rings is 1. The van der Waals surface area contributed by atoms with Crippen LogP contribution in [0.15, 0.2) is 30.3 Å². The zero-order valence-corrected chi connectivity index (χ0v) is 13.1. The third-order valence-corrected chi connectivity index (χ3v) is 3.45. The molecule has 22 heavy (non-hydrogen) atoms.